The normalized spacial score (nSPS) is 24.0. The molecule has 0 amide bonds. The zero-order chi connectivity index (χ0) is 14.2. The van der Waals surface area contributed by atoms with E-state index < -0.39 is 0 Å². The third kappa shape index (κ3) is 2.19. The van der Waals surface area contributed by atoms with Crippen molar-refractivity contribution in [3.05, 3.63) is 70.8 Å². The summed E-state index contributed by atoms with van der Waals surface area (Å²) in [7, 11) is 0. The first-order valence-corrected chi connectivity index (χ1v) is 7.99. The Morgan fingerprint density at radius 2 is 1.57 bits per heavy atom. The highest BCUT2D eigenvalue weighted by Crippen LogP contribution is 2.37. The fourth-order valence-electron chi connectivity index (χ4n) is 3.97. The van der Waals surface area contributed by atoms with Gasteiger partial charge in [0.05, 0.1) is 0 Å². The third-order valence-corrected chi connectivity index (χ3v) is 4.96. The van der Waals surface area contributed by atoms with E-state index in [2.05, 4.69) is 65.7 Å². The number of benzene rings is 2. The Kier molecular flexibility index (Phi) is 3.28. The molecule has 2 aromatic rings. The molecular formula is C19H22N2. The summed E-state index contributed by atoms with van der Waals surface area (Å²) in [5.74, 6) is 0. The van der Waals surface area contributed by atoms with Gasteiger partial charge in [0, 0.05) is 25.2 Å². The fraction of sp³-hybridized carbons (Fsp3) is 0.368. The second-order valence-corrected chi connectivity index (χ2v) is 6.18. The minimum absolute atomic E-state index is 0.473. The van der Waals surface area contributed by atoms with E-state index in [0.717, 1.165) is 19.6 Å². The molecule has 2 atom stereocenters. The smallest absolute Gasteiger partial charge is 0.0484 e. The van der Waals surface area contributed by atoms with Crippen LogP contribution in [0.15, 0.2) is 48.5 Å². The SMILES string of the molecule is CCNC1c2ccccc2CC1N1Cc2ccccc2C1. The Bertz CT molecular complexity index is 625. The Morgan fingerprint density at radius 1 is 0.952 bits per heavy atom. The van der Waals surface area contributed by atoms with Crippen molar-refractivity contribution >= 4 is 0 Å². The zero-order valence-corrected chi connectivity index (χ0v) is 12.5. The van der Waals surface area contributed by atoms with Crippen molar-refractivity contribution in [2.45, 2.75) is 38.5 Å². The zero-order valence-electron chi connectivity index (χ0n) is 12.5. The molecule has 0 spiro atoms. The van der Waals surface area contributed by atoms with E-state index in [1.165, 1.54) is 28.7 Å². The van der Waals surface area contributed by atoms with E-state index in [1.807, 2.05) is 0 Å². The van der Waals surface area contributed by atoms with Gasteiger partial charge in [0.1, 0.15) is 0 Å². The highest BCUT2D eigenvalue weighted by atomic mass is 15.2. The van der Waals surface area contributed by atoms with Gasteiger partial charge in [-0.25, -0.2) is 0 Å². The number of nitrogens with zero attached hydrogens (tertiary/aromatic N) is 1. The Balaban J connectivity index is 1.62. The first kappa shape index (κ1) is 13.1. The van der Waals surface area contributed by atoms with E-state index in [1.54, 1.807) is 0 Å². The average molecular weight is 278 g/mol. The summed E-state index contributed by atoms with van der Waals surface area (Å²) in [4.78, 5) is 2.65. The van der Waals surface area contributed by atoms with Crippen LogP contribution in [0.2, 0.25) is 0 Å². The molecule has 21 heavy (non-hydrogen) atoms. The number of nitrogens with one attached hydrogen (secondary N) is 1. The van der Waals surface area contributed by atoms with Gasteiger partial charge in [-0.1, -0.05) is 55.5 Å². The highest BCUT2D eigenvalue weighted by Gasteiger charge is 2.37. The maximum Gasteiger partial charge on any atom is 0.0484 e. The molecule has 0 fully saturated rings. The third-order valence-electron chi connectivity index (χ3n) is 4.96. The Labute approximate surface area is 126 Å². The summed E-state index contributed by atoms with van der Waals surface area (Å²) in [5.41, 5.74) is 6.03. The van der Waals surface area contributed by atoms with Crippen LogP contribution >= 0.6 is 0 Å². The van der Waals surface area contributed by atoms with Crippen molar-refractivity contribution in [2.24, 2.45) is 0 Å². The molecule has 2 nitrogen and oxygen atoms in total. The molecule has 0 saturated carbocycles. The van der Waals surface area contributed by atoms with Gasteiger partial charge in [0.15, 0.2) is 0 Å². The van der Waals surface area contributed by atoms with E-state index in [4.69, 9.17) is 0 Å². The van der Waals surface area contributed by atoms with Crippen molar-refractivity contribution in [1.82, 2.24) is 10.2 Å². The van der Waals surface area contributed by atoms with Crippen LogP contribution in [0.25, 0.3) is 0 Å². The molecule has 2 aliphatic rings. The summed E-state index contributed by atoms with van der Waals surface area (Å²) < 4.78 is 0. The number of rotatable bonds is 3. The molecule has 0 aromatic heterocycles. The molecule has 1 heterocycles. The molecule has 4 rings (SSSR count). The molecule has 1 N–H and O–H groups in total. The van der Waals surface area contributed by atoms with Crippen molar-refractivity contribution in [2.75, 3.05) is 6.54 Å². The summed E-state index contributed by atoms with van der Waals surface area (Å²) in [6, 6.07) is 18.9. The molecule has 2 unspecified atom stereocenters. The fourth-order valence-corrected chi connectivity index (χ4v) is 3.97. The molecule has 1 aliphatic heterocycles. The average Bonchev–Trinajstić information content (AvgIpc) is 3.09. The molecule has 2 aromatic carbocycles. The standard InChI is InChI=1S/C19H22N2/c1-2-20-19-17-10-6-5-7-14(17)11-18(19)21-12-15-8-3-4-9-16(15)13-21/h3-10,18-20H,2,11-13H2,1H3. The van der Waals surface area contributed by atoms with Gasteiger partial charge in [0.25, 0.3) is 0 Å². The molecule has 0 bridgehead atoms. The summed E-state index contributed by atoms with van der Waals surface area (Å²) >= 11 is 0. The summed E-state index contributed by atoms with van der Waals surface area (Å²) in [6.45, 7) is 5.42. The van der Waals surface area contributed by atoms with Crippen molar-refractivity contribution in [3.63, 3.8) is 0 Å². The summed E-state index contributed by atoms with van der Waals surface area (Å²) in [5, 5.41) is 3.71. The maximum atomic E-state index is 3.71. The van der Waals surface area contributed by atoms with E-state index in [9.17, 15) is 0 Å². The topological polar surface area (TPSA) is 15.3 Å². The van der Waals surface area contributed by atoms with Gasteiger partial charge in [-0.2, -0.15) is 0 Å². The van der Waals surface area contributed by atoms with Crippen LogP contribution in [0, 0.1) is 0 Å². The molecule has 108 valence electrons. The van der Waals surface area contributed by atoms with Crippen LogP contribution in [0.1, 0.15) is 35.2 Å². The monoisotopic (exact) mass is 278 g/mol. The first-order chi connectivity index (χ1) is 10.4. The lowest BCUT2D eigenvalue weighted by Crippen LogP contribution is -2.40. The van der Waals surface area contributed by atoms with Crippen LogP contribution in [-0.4, -0.2) is 17.5 Å². The minimum Gasteiger partial charge on any atom is -0.309 e. The lowest BCUT2D eigenvalue weighted by atomic mass is 10.1. The van der Waals surface area contributed by atoms with Crippen LogP contribution in [0.4, 0.5) is 0 Å². The Morgan fingerprint density at radius 3 is 2.24 bits per heavy atom. The van der Waals surface area contributed by atoms with Gasteiger partial charge >= 0.3 is 0 Å². The Hall–Kier alpha value is -1.64. The van der Waals surface area contributed by atoms with E-state index in [-0.39, 0.29) is 0 Å². The van der Waals surface area contributed by atoms with E-state index >= 15 is 0 Å². The summed E-state index contributed by atoms with van der Waals surface area (Å²) in [6.07, 6.45) is 1.17. The van der Waals surface area contributed by atoms with Gasteiger partial charge in [-0.15, -0.1) is 0 Å². The number of hydrogen-bond acceptors (Lipinski definition) is 2. The molecule has 0 saturated heterocycles. The maximum absolute atomic E-state index is 3.71. The first-order valence-electron chi connectivity index (χ1n) is 7.99. The van der Waals surface area contributed by atoms with Gasteiger partial charge in [-0.3, -0.25) is 4.90 Å². The second-order valence-electron chi connectivity index (χ2n) is 6.18. The predicted molar refractivity (Wildman–Crippen MR) is 86.0 cm³/mol. The van der Waals surface area contributed by atoms with Crippen molar-refractivity contribution < 1.29 is 0 Å². The number of fused-ring (bicyclic) bond motifs is 2. The minimum atomic E-state index is 0.473. The lowest BCUT2D eigenvalue weighted by molar-refractivity contribution is 0.167. The van der Waals surface area contributed by atoms with Crippen molar-refractivity contribution in [3.8, 4) is 0 Å². The number of likely N-dealkylation sites (N-methyl/N-ethyl adjacent to an activating group) is 1. The van der Waals surface area contributed by atoms with E-state index in [0.29, 0.717) is 12.1 Å². The molecule has 1 aliphatic carbocycles. The van der Waals surface area contributed by atoms with Gasteiger partial charge in [-0.05, 0) is 35.2 Å². The highest BCUT2D eigenvalue weighted by molar-refractivity contribution is 5.38. The quantitative estimate of drug-likeness (QED) is 0.927. The van der Waals surface area contributed by atoms with Gasteiger partial charge in [0.2, 0.25) is 0 Å². The van der Waals surface area contributed by atoms with Gasteiger partial charge < -0.3 is 5.32 Å². The van der Waals surface area contributed by atoms with Crippen LogP contribution < -0.4 is 5.32 Å². The number of hydrogen-bond donors (Lipinski definition) is 1. The predicted octanol–water partition coefficient (Wildman–Crippen LogP) is 3.28. The molecular weight excluding hydrogens is 256 g/mol. The lowest BCUT2D eigenvalue weighted by Gasteiger charge is -2.30. The van der Waals surface area contributed by atoms with Crippen LogP contribution in [0.3, 0.4) is 0 Å². The second kappa shape index (κ2) is 5.28. The van der Waals surface area contributed by atoms with Crippen LogP contribution in [0.5, 0.6) is 0 Å². The van der Waals surface area contributed by atoms with Crippen molar-refractivity contribution in [1.29, 1.82) is 0 Å². The molecule has 0 radical (unpaired) electrons. The molecule has 2 heteroatoms. The van der Waals surface area contributed by atoms with Crippen LogP contribution in [-0.2, 0) is 19.5 Å². The largest absolute Gasteiger partial charge is 0.309 e.